The third-order valence-electron chi connectivity index (χ3n) is 5.89. The van der Waals surface area contributed by atoms with E-state index in [9.17, 15) is 4.79 Å². The maximum Gasteiger partial charge on any atom is 0.224 e. The molecule has 10 heteroatoms. The van der Waals surface area contributed by atoms with Crippen LogP contribution in [0, 0.1) is 5.92 Å². The summed E-state index contributed by atoms with van der Waals surface area (Å²) in [7, 11) is 0. The van der Waals surface area contributed by atoms with Crippen LogP contribution >= 0.6 is 0 Å². The molecule has 6 aromatic heterocycles. The van der Waals surface area contributed by atoms with Gasteiger partial charge in [-0.25, -0.2) is 4.98 Å². The number of hydrogen-bond acceptors (Lipinski definition) is 7. The fourth-order valence-corrected chi connectivity index (χ4v) is 4.22. The van der Waals surface area contributed by atoms with Crippen molar-refractivity contribution in [2.45, 2.75) is 20.3 Å². The summed E-state index contributed by atoms with van der Waals surface area (Å²) < 4.78 is 0. The van der Waals surface area contributed by atoms with Gasteiger partial charge in [0.25, 0.3) is 0 Å². The molecule has 0 fully saturated rings. The number of H-pyrrole nitrogens is 2. The predicted molar refractivity (Wildman–Crippen MR) is 141 cm³/mol. The minimum absolute atomic E-state index is 0.0427. The van der Waals surface area contributed by atoms with Crippen LogP contribution in [-0.2, 0) is 4.79 Å². The summed E-state index contributed by atoms with van der Waals surface area (Å²) in [4.78, 5) is 38.2. The molecule has 6 aromatic rings. The first kappa shape index (κ1) is 22.5. The minimum Gasteiger partial charge on any atom is -0.336 e. The number of hydrogen-bond donors (Lipinski definition) is 3. The Labute approximate surface area is 211 Å². The van der Waals surface area contributed by atoms with E-state index >= 15 is 0 Å². The van der Waals surface area contributed by atoms with E-state index in [0.29, 0.717) is 35.0 Å². The van der Waals surface area contributed by atoms with E-state index in [4.69, 9.17) is 4.98 Å². The SMILES string of the molecule is CC(C)CC(=O)Nc1cncc(-c2cc3c(-c4nc5c(-c6ccccn6)nccc5[nH]4)n[nH]c3cn2)c1. The first-order chi connectivity index (χ1) is 18.0. The van der Waals surface area contributed by atoms with Gasteiger partial charge in [-0.1, -0.05) is 19.9 Å². The highest BCUT2D eigenvalue weighted by atomic mass is 16.1. The van der Waals surface area contributed by atoms with E-state index in [-0.39, 0.29) is 11.8 Å². The number of fused-ring (bicyclic) bond motifs is 2. The van der Waals surface area contributed by atoms with Crippen LogP contribution in [0.3, 0.4) is 0 Å². The van der Waals surface area contributed by atoms with Crippen LogP contribution in [0.4, 0.5) is 5.69 Å². The molecule has 0 aliphatic heterocycles. The highest BCUT2D eigenvalue weighted by molar-refractivity contribution is 5.97. The van der Waals surface area contributed by atoms with Crippen molar-refractivity contribution in [1.82, 2.24) is 40.1 Å². The molecule has 6 rings (SSSR count). The third kappa shape index (κ3) is 4.40. The van der Waals surface area contributed by atoms with Crippen LogP contribution in [0.5, 0.6) is 0 Å². The lowest BCUT2D eigenvalue weighted by Gasteiger charge is -2.08. The summed E-state index contributed by atoms with van der Waals surface area (Å²) in [6.07, 6.45) is 9.00. The molecule has 182 valence electrons. The Hall–Kier alpha value is -4.99. The number of carbonyl (C=O) groups excluding carboxylic acids is 1. The van der Waals surface area contributed by atoms with Gasteiger partial charge < -0.3 is 10.3 Å². The van der Waals surface area contributed by atoms with Gasteiger partial charge in [0.2, 0.25) is 5.91 Å². The Morgan fingerprint density at radius 1 is 0.946 bits per heavy atom. The molecule has 0 unspecified atom stereocenters. The van der Waals surface area contributed by atoms with Crippen molar-refractivity contribution in [3.05, 3.63) is 67.4 Å². The number of aromatic nitrogens is 8. The lowest BCUT2D eigenvalue weighted by Crippen LogP contribution is -2.13. The molecule has 0 aliphatic rings. The average Bonchev–Trinajstić information content (AvgIpc) is 3.52. The van der Waals surface area contributed by atoms with Gasteiger partial charge in [-0.3, -0.25) is 29.8 Å². The topological polar surface area (TPSA) is 138 Å². The molecule has 0 aromatic carbocycles. The Balaban J connectivity index is 1.38. The number of imidazole rings is 1. The summed E-state index contributed by atoms with van der Waals surface area (Å²) in [5.41, 5.74) is 6.55. The number of carbonyl (C=O) groups is 1. The number of anilines is 1. The number of pyridine rings is 4. The number of rotatable bonds is 6. The van der Waals surface area contributed by atoms with E-state index in [1.807, 2.05) is 50.2 Å². The monoisotopic (exact) mass is 489 g/mol. The molecule has 0 saturated heterocycles. The van der Waals surface area contributed by atoms with Crippen LogP contribution in [0.2, 0.25) is 0 Å². The second-order valence-electron chi connectivity index (χ2n) is 9.15. The molecule has 0 saturated carbocycles. The lowest BCUT2D eigenvalue weighted by molar-refractivity contribution is -0.116. The second kappa shape index (κ2) is 9.23. The van der Waals surface area contributed by atoms with Gasteiger partial charge in [0.15, 0.2) is 5.82 Å². The molecular weight excluding hydrogens is 466 g/mol. The van der Waals surface area contributed by atoms with E-state index in [0.717, 1.165) is 33.2 Å². The molecule has 1 amide bonds. The number of nitrogens with one attached hydrogen (secondary N) is 3. The zero-order valence-corrected chi connectivity index (χ0v) is 20.2. The van der Waals surface area contributed by atoms with Crippen molar-refractivity contribution in [1.29, 1.82) is 0 Å². The zero-order valence-electron chi connectivity index (χ0n) is 20.2. The van der Waals surface area contributed by atoms with Gasteiger partial charge in [0.1, 0.15) is 16.9 Å². The largest absolute Gasteiger partial charge is 0.336 e. The van der Waals surface area contributed by atoms with Crippen LogP contribution in [0.25, 0.3) is 56.1 Å². The average molecular weight is 490 g/mol. The predicted octanol–water partition coefficient (Wildman–Crippen LogP) is 5.00. The number of nitrogens with zero attached hydrogens (tertiary/aromatic N) is 6. The van der Waals surface area contributed by atoms with E-state index in [1.54, 1.807) is 31.0 Å². The maximum atomic E-state index is 12.2. The molecule has 0 radical (unpaired) electrons. The zero-order chi connectivity index (χ0) is 25.4. The van der Waals surface area contributed by atoms with Crippen molar-refractivity contribution in [3.63, 3.8) is 0 Å². The summed E-state index contributed by atoms with van der Waals surface area (Å²) in [6, 6.07) is 11.4. The summed E-state index contributed by atoms with van der Waals surface area (Å²) in [5, 5.41) is 11.3. The van der Waals surface area contributed by atoms with Gasteiger partial charge in [0.05, 0.1) is 40.5 Å². The molecule has 3 N–H and O–H groups in total. The van der Waals surface area contributed by atoms with Gasteiger partial charge in [-0.2, -0.15) is 5.10 Å². The smallest absolute Gasteiger partial charge is 0.224 e. The van der Waals surface area contributed by atoms with Gasteiger partial charge in [-0.05, 0) is 36.2 Å². The number of amides is 1. The van der Waals surface area contributed by atoms with E-state index in [1.165, 1.54) is 0 Å². The standard InChI is InChI=1S/C27H23N9O/c1-15(2)9-23(37)32-17-10-16(12-28-13-17)21-11-18-22(14-31-21)35-36-24(18)27-33-20-6-8-30-25(26(20)34-27)19-5-3-4-7-29-19/h3-8,10-15H,9H2,1-2H3,(H,32,37)(H,33,34)(H,35,36). The first-order valence-electron chi connectivity index (χ1n) is 11.9. The van der Waals surface area contributed by atoms with Crippen molar-refractivity contribution < 1.29 is 4.79 Å². The highest BCUT2D eigenvalue weighted by Crippen LogP contribution is 2.31. The minimum atomic E-state index is -0.0427. The molecule has 0 bridgehead atoms. The van der Waals surface area contributed by atoms with Crippen molar-refractivity contribution in [3.8, 4) is 34.2 Å². The molecule has 0 spiro atoms. The normalized spacial score (nSPS) is 11.4. The molecular formula is C27H23N9O. The van der Waals surface area contributed by atoms with Gasteiger partial charge in [-0.15, -0.1) is 0 Å². The Morgan fingerprint density at radius 2 is 1.86 bits per heavy atom. The summed E-state index contributed by atoms with van der Waals surface area (Å²) >= 11 is 0. The lowest BCUT2D eigenvalue weighted by atomic mass is 10.1. The van der Waals surface area contributed by atoms with E-state index in [2.05, 4.69) is 40.4 Å². The second-order valence-corrected chi connectivity index (χ2v) is 9.15. The number of aromatic amines is 2. The maximum absolute atomic E-state index is 12.2. The molecule has 6 heterocycles. The summed E-state index contributed by atoms with van der Waals surface area (Å²) in [6.45, 7) is 4.02. The Morgan fingerprint density at radius 3 is 2.70 bits per heavy atom. The fourth-order valence-electron chi connectivity index (χ4n) is 4.22. The van der Waals surface area contributed by atoms with Crippen molar-refractivity contribution >= 4 is 33.5 Å². The molecule has 10 nitrogen and oxygen atoms in total. The van der Waals surface area contributed by atoms with Crippen molar-refractivity contribution in [2.75, 3.05) is 5.32 Å². The van der Waals surface area contributed by atoms with Crippen LogP contribution in [0.15, 0.2) is 67.4 Å². The van der Waals surface area contributed by atoms with Gasteiger partial charge in [0, 0.05) is 36.0 Å². The van der Waals surface area contributed by atoms with Crippen LogP contribution in [0.1, 0.15) is 20.3 Å². The van der Waals surface area contributed by atoms with Crippen molar-refractivity contribution in [2.24, 2.45) is 5.92 Å². The Bertz CT molecular complexity index is 1740. The molecule has 0 aliphatic carbocycles. The Kier molecular flexibility index (Phi) is 5.61. The quantitative estimate of drug-likeness (QED) is 0.299. The first-order valence-corrected chi connectivity index (χ1v) is 11.9. The third-order valence-corrected chi connectivity index (χ3v) is 5.89. The van der Waals surface area contributed by atoms with E-state index < -0.39 is 0 Å². The van der Waals surface area contributed by atoms with Crippen LogP contribution < -0.4 is 5.32 Å². The molecule has 0 atom stereocenters. The fraction of sp³-hybridized carbons (Fsp3) is 0.148. The molecule has 37 heavy (non-hydrogen) atoms. The summed E-state index contributed by atoms with van der Waals surface area (Å²) in [5.74, 6) is 0.837. The van der Waals surface area contributed by atoms with Crippen LogP contribution in [-0.4, -0.2) is 46.0 Å². The highest BCUT2D eigenvalue weighted by Gasteiger charge is 2.17. The van der Waals surface area contributed by atoms with Gasteiger partial charge >= 0.3 is 0 Å².